The van der Waals surface area contributed by atoms with Crippen molar-refractivity contribution >= 4 is 17.9 Å². The standard InChI is InChI=1S/C13H18O3.C12H16O3.C11H20O3/c1-4-13(2,3)12(15)16-11-7-5-10(9-14)6-8-11;1-4-12(2,3)11(14)15-10-7-5-9(13)6-8-10;1-4-9(3)10(12)14-8-11(5-2)6-13-7-11/h5-8,14H,4,9H2,1-3H3;5-8,13H,4H2,1-3H3;9H,4-8H2,1-3H3. The fraction of sp³-hybridized carbons (Fsp3) is 0.583. The zero-order valence-electron chi connectivity index (χ0n) is 28.6. The van der Waals surface area contributed by atoms with Gasteiger partial charge in [0, 0.05) is 0 Å². The van der Waals surface area contributed by atoms with E-state index in [1.54, 1.807) is 36.4 Å². The second kappa shape index (κ2) is 18.5. The van der Waals surface area contributed by atoms with Crippen LogP contribution in [0.3, 0.4) is 0 Å². The summed E-state index contributed by atoms with van der Waals surface area (Å²) in [6, 6.07) is 13.0. The second-order valence-corrected chi connectivity index (χ2v) is 12.8. The number of aliphatic hydroxyl groups is 1. The average molecular weight is 631 g/mol. The molecule has 9 heteroatoms. The number of ether oxygens (including phenoxy) is 4. The molecule has 0 radical (unpaired) electrons. The summed E-state index contributed by atoms with van der Waals surface area (Å²) in [5.74, 6) is 0.590. The third kappa shape index (κ3) is 13.2. The van der Waals surface area contributed by atoms with Crippen molar-refractivity contribution in [3.05, 3.63) is 54.1 Å². The summed E-state index contributed by atoms with van der Waals surface area (Å²) < 4.78 is 20.9. The number of aromatic hydroxyl groups is 1. The number of carbonyl (C=O) groups excluding carboxylic acids is 3. The van der Waals surface area contributed by atoms with Gasteiger partial charge in [-0.15, -0.1) is 0 Å². The third-order valence-corrected chi connectivity index (χ3v) is 8.34. The van der Waals surface area contributed by atoms with Crippen LogP contribution in [0.4, 0.5) is 0 Å². The van der Waals surface area contributed by atoms with Crippen LogP contribution in [0, 0.1) is 22.2 Å². The van der Waals surface area contributed by atoms with Crippen molar-refractivity contribution in [2.24, 2.45) is 22.2 Å². The molecule has 0 bridgehead atoms. The minimum absolute atomic E-state index is 0.00528. The van der Waals surface area contributed by atoms with E-state index in [0.29, 0.717) is 18.1 Å². The number of phenolic OH excluding ortho intramolecular Hbond substituents is 1. The molecule has 45 heavy (non-hydrogen) atoms. The SMILES string of the molecule is CCC(C)(C)C(=O)Oc1ccc(CO)cc1.CCC(C)(C)C(=O)Oc1ccc(O)cc1.CCC(C)C(=O)OCC1(CC)COC1. The van der Waals surface area contributed by atoms with Gasteiger partial charge in [0.1, 0.15) is 23.9 Å². The van der Waals surface area contributed by atoms with Crippen molar-refractivity contribution in [2.45, 2.75) is 94.6 Å². The number of benzene rings is 2. The maximum Gasteiger partial charge on any atom is 0.316 e. The smallest absolute Gasteiger partial charge is 0.316 e. The van der Waals surface area contributed by atoms with Gasteiger partial charge in [0.05, 0.1) is 42.0 Å². The van der Waals surface area contributed by atoms with Crippen molar-refractivity contribution in [1.29, 1.82) is 0 Å². The van der Waals surface area contributed by atoms with E-state index in [1.165, 1.54) is 12.1 Å². The molecular weight excluding hydrogens is 576 g/mol. The van der Waals surface area contributed by atoms with Gasteiger partial charge in [-0.1, -0.05) is 46.8 Å². The Bertz CT molecular complexity index is 1170. The Morgan fingerprint density at radius 1 is 0.822 bits per heavy atom. The van der Waals surface area contributed by atoms with Crippen molar-refractivity contribution < 1.29 is 43.5 Å². The minimum atomic E-state index is -0.474. The highest BCUT2D eigenvalue weighted by atomic mass is 16.6. The van der Waals surface area contributed by atoms with Crippen LogP contribution in [0.25, 0.3) is 0 Å². The summed E-state index contributed by atoms with van der Waals surface area (Å²) in [7, 11) is 0. The maximum absolute atomic E-state index is 11.7. The zero-order valence-corrected chi connectivity index (χ0v) is 28.6. The van der Waals surface area contributed by atoms with Gasteiger partial charge in [0.25, 0.3) is 0 Å². The fourth-order valence-corrected chi connectivity index (χ4v) is 3.27. The lowest BCUT2D eigenvalue weighted by molar-refractivity contribution is -0.173. The van der Waals surface area contributed by atoms with Crippen molar-refractivity contribution in [1.82, 2.24) is 0 Å². The lowest BCUT2D eigenvalue weighted by Crippen LogP contribution is -2.46. The highest BCUT2D eigenvalue weighted by Gasteiger charge is 2.38. The second-order valence-electron chi connectivity index (χ2n) is 12.8. The summed E-state index contributed by atoms with van der Waals surface area (Å²) in [6.45, 7) is 19.3. The molecule has 2 aromatic carbocycles. The molecule has 0 spiro atoms. The fourth-order valence-electron chi connectivity index (χ4n) is 3.27. The zero-order chi connectivity index (χ0) is 34.3. The van der Waals surface area contributed by atoms with E-state index >= 15 is 0 Å². The first-order chi connectivity index (χ1) is 21.1. The Hall–Kier alpha value is -3.43. The molecule has 0 aliphatic carbocycles. The van der Waals surface area contributed by atoms with Gasteiger partial charge in [-0.05, 0) is 95.3 Å². The topological polar surface area (TPSA) is 129 Å². The Morgan fingerprint density at radius 3 is 1.60 bits per heavy atom. The van der Waals surface area contributed by atoms with Crippen LogP contribution in [-0.2, 0) is 30.5 Å². The highest BCUT2D eigenvalue weighted by Crippen LogP contribution is 2.31. The minimum Gasteiger partial charge on any atom is -0.508 e. The lowest BCUT2D eigenvalue weighted by atomic mass is 9.84. The molecular formula is C36H54O9. The monoisotopic (exact) mass is 630 g/mol. The average Bonchev–Trinajstić information content (AvgIpc) is 3.02. The molecule has 0 saturated carbocycles. The summed E-state index contributed by atoms with van der Waals surface area (Å²) in [5, 5.41) is 17.9. The van der Waals surface area contributed by atoms with E-state index in [1.807, 2.05) is 55.4 Å². The molecule has 9 nitrogen and oxygen atoms in total. The van der Waals surface area contributed by atoms with E-state index in [2.05, 4.69) is 6.92 Å². The lowest BCUT2D eigenvalue weighted by Gasteiger charge is -2.40. The number of rotatable bonds is 12. The first-order valence-corrected chi connectivity index (χ1v) is 15.8. The third-order valence-electron chi connectivity index (χ3n) is 8.34. The van der Waals surface area contributed by atoms with Gasteiger partial charge in [0.2, 0.25) is 0 Å². The molecule has 2 N–H and O–H groups in total. The van der Waals surface area contributed by atoms with Gasteiger partial charge >= 0.3 is 17.9 Å². The first kappa shape index (κ1) is 39.6. The van der Waals surface area contributed by atoms with Crippen molar-refractivity contribution in [3.8, 4) is 17.2 Å². The van der Waals surface area contributed by atoms with Crippen molar-refractivity contribution in [3.63, 3.8) is 0 Å². The molecule has 1 heterocycles. The van der Waals surface area contributed by atoms with E-state index < -0.39 is 10.8 Å². The van der Waals surface area contributed by atoms with Crippen LogP contribution in [0.2, 0.25) is 0 Å². The number of aliphatic hydroxyl groups excluding tert-OH is 1. The van der Waals surface area contributed by atoms with Gasteiger partial charge in [-0.25, -0.2) is 0 Å². The van der Waals surface area contributed by atoms with Gasteiger partial charge in [0.15, 0.2) is 0 Å². The van der Waals surface area contributed by atoms with E-state index in [4.69, 9.17) is 29.2 Å². The van der Waals surface area contributed by atoms with Crippen molar-refractivity contribution in [2.75, 3.05) is 19.8 Å². The Balaban J connectivity index is 0.000000338. The van der Waals surface area contributed by atoms with Crippen LogP contribution in [0.5, 0.6) is 17.2 Å². The first-order valence-electron chi connectivity index (χ1n) is 15.8. The van der Waals surface area contributed by atoms with Crippen LogP contribution in [0.15, 0.2) is 48.5 Å². The van der Waals surface area contributed by atoms with Gasteiger partial charge < -0.3 is 29.2 Å². The van der Waals surface area contributed by atoms with Crippen LogP contribution < -0.4 is 9.47 Å². The van der Waals surface area contributed by atoms with Crippen LogP contribution in [0.1, 0.15) is 93.6 Å². The van der Waals surface area contributed by atoms with Gasteiger partial charge in [-0.2, -0.15) is 0 Å². The summed E-state index contributed by atoms with van der Waals surface area (Å²) in [6.07, 6.45) is 3.32. The number of phenols is 1. The maximum atomic E-state index is 11.7. The van der Waals surface area contributed by atoms with Gasteiger partial charge in [-0.3, -0.25) is 14.4 Å². The molecule has 1 saturated heterocycles. The molecule has 3 rings (SSSR count). The molecule has 0 amide bonds. The molecule has 1 fully saturated rings. The number of hydrogen-bond acceptors (Lipinski definition) is 9. The van der Waals surface area contributed by atoms with Crippen LogP contribution in [-0.4, -0.2) is 47.9 Å². The Kier molecular flexibility index (Phi) is 16.3. The summed E-state index contributed by atoms with van der Waals surface area (Å²) >= 11 is 0. The van der Waals surface area contributed by atoms with E-state index in [-0.39, 0.29) is 41.6 Å². The molecule has 1 aliphatic heterocycles. The number of carbonyl (C=O) groups is 3. The number of esters is 3. The molecule has 0 aromatic heterocycles. The van der Waals surface area contributed by atoms with E-state index in [0.717, 1.165) is 44.5 Å². The molecule has 1 atom stereocenters. The highest BCUT2D eigenvalue weighted by molar-refractivity contribution is 5.78. The number of hydrogen-bond donors (Lipinski definition) is 2. The molecule has 2 aromatic rings. The molecule has 1 unspecified atom stereocenters. The Morgan fingerprint density at radius 2 is 1.27 bits per heavy atom. The molecule has 252 valence electrons. The predicted octanol–water partition coefficient (Wildman–Crippen LogP) is 7.26. The van der Waals surface area contributed by atoms with E-state index in [9.17, 15) is 14.4 Å². The normalized spacial score (nSPS) is 14.3. The van der Waals surface area contributed by atoms with Crippen LogP contribution >= 0.6 is 0 Å². The molecule has 1 aliphatic rings. The summed E-state index contributed by atoms with van der Waals surface area (Å²) in [5.41, 5.74) is -0.0223. The Labute approximate surface area is 269 Å². The predicted molar refractivity (Wildman–Crippen MR) is 174 cm³/mol. The summed E-state index contributed by atoms with van der Waals surface area (Å²) in [4.78, 5) is 34.8. The largest absolute Gasteiger partial charge is 0.508 e. The quantitative estimate of drug-likeness (QED) is 0.184.